The van der Waals surface area contributed by atoms with E-state index in [9.17, 15) is 8.42 Å². The van der Waals surface area contributed by atoms with E-state index in [-0.39, 0.29) is 4.90 Å². The maximum atomic E-state index is 10.9. The molecular weight excluding hydrogens is 287 g/mol. The lowest BCUT2D eigenvalue weighted by Gasteiger charge is -2.06. The first-order chi connectivity index (χ1) is 8.48. The summed E-state index contributed by atoms with van der Waals surface area (Å²) in [6.45, 7) is -1.30. The van der Waals surface area contributed by atoms with Crippen molar-refractivity contribution in [1.82, 2.24) is 0 Å². The molecule has 1 unspecified atom stereocenters. The van der Waals surface area contributed by atoms with Gasteiger partial charge in [0.15, 0.2) is 0 Å². The normalized spacial score (nSPS) is 13.2. The van der Waals surface area contributed by atoms with E-state index < -0.39 is 16.8 Å². The van der Waals surface area contributed by atoms with Crippen molar-refractivity contribution in [3.05, 3.63) is 54.6 Å². The van der Waals surface area contributed by atoms with Crippen molar-refractivity contribution >= 4 is 39.2 Å². The van der Waals surface area contributed by atoms with Gasteiger partial charge in [-0.25, -0.2) is 0 Å². The third kappa shape index (κ3) is 3.06. The molecule has 0 fully saturated rings. The quantitative estimate of drug-likeness (QED) is 0.690. The molecule has 0 saturated carbocycles. The Bertz CT molecular complexity index is 664. The topological polar surface area (TPSA) is 54.4 Å². The zero-order valence-corrected chi connectivity index (χ0v) is 11.9. The lowest BCUT2D eigenvalue weighted by molar-refractivity contribution is 0.483. The van der Waals surface area contributed by atoms with Crippen LogP contribution in [0.1, 0.15) is 0 Å². The van der Waals surface area contributed by atoms with Crippen LogP contribution in [0.5, 0.6) is 0 Å². The van der Waals surface area contributed by atoms with E-state index in [0.29, 0.717) is 0 Å². The van der Waals surface area contributed by atoms with E-state index in [1.165, 1.54) is 12.1 Å². The van der Waals surface area contributed by atoms with Crippen LogP contribution in [0.4, 0.5) is 0 Å². The average molecular weight is 298 g/mol. The van der Waals surface area contributed by atoms with Gasteiger partial charge in [-0.3, -0.25) is 4.55 Å². The number of rotatable bonds is 3. The minimum absolute atomic E-state index is 0.107. The molecule has 3 nitrogen and oxygen atoms in total. The van der Waals surface area contributed by atoms with Crippen molar-refractivity contribution in [1.29, 1.82) is 0 Å². The lowest BCUT2D eigenvalue weighted by atomic mass is 10.4. The van der Waals surface area contributed by atoms with E-state index >= 15 is 0 Å². The van der Waals surface area contributed by atoms with Gasteiger partial charge < -0.3 is 0 Å². The van der Waals surface area contributed by atoms with Gasteiger partial charge in [0.1, 0.15) is 0 Å². The summed E-state index contributed by atoms with van der Waals surface area (Å²) in [5.41, 5.74) is 0. The highest BCUT2D eigenvalue weighted by molar-refractivity contribution is 8.12. The molecule has 0 saturated heterocycles. The summed E-state index contributed by atoms with van der Waals surface area (Å²) < 4.78 is 30.7. The van der Waals surface area contributed by atoms with Crippen LogP contribution in [0.3, 0.4) is 0 Å². The van der Waals surface area contributed by atoms with Crippen molar-refractivity contribution in [2.75, 3.05) is 0 Å². The first kappa shape index (κ1) is 13.4. The second kappa shape index (κ2) is 5.33. The zero-order valence-electron chi connectivity index (χ0n) is 9.28. The molecule has 1 N–H and O–H groups in total. The molecule has 1 atom stereocenters. The highest BCUT2D eigenvalue weighted by Gasteiger charge is 2.09. The van der Waals surface area contributed by atoms with Gasteiger partial charge >= 0.3 is 0 Å². The Hall–Kier alpha value is -1.00. The summed E-state index contributed by atoms with van der Waals surface area (Å²) in [5, 5.41) is 2.01. The van der Waals surface area contributed by atoms with Gasteiger partial charge in [-0.15, -0.1) is 0 Å². The lowest BCUT2D eigenvalue weighted by Crippen LogP contribution is -2.07. The fourth-order valence-corrected chi connectivity index (χ4v) is 4.13. The summed E-state index contributed by atoms with van der Waals surface area (Å²) in [5.74, 6) is 0. The average Bonchev–Trinajstić information content (AvgIpc) is 2.38. The molecule has 0 aromatic heterocycles. The molecule has 2 aromatic carbocycles. The molecule has 0 bridgehead atoms. The minimum atomic E-state index is -4.13. The van der Waals surface area contributed by atoms with Gasteiger partial charge in [-0.2, -0.15) is 8.42 Å². The van der Waals surface area contributed by atoms with Crippen molar-refractivity contribution in [2.24, 2.45) is 0 Å². The molecule has 18 heavy (non-hydrogen) atoms. The Morgan fingerprint density at radius 2 is 1.39 bits per heavy atom. The summed E-state index contributed by atoms with van der Waals surface area (Å²) >= 11 is 5.50. The van der Waals surface area contributed by atoms with Crippen LogP contribution in [-0.4, -0.2) is 13.0 Å². The monoisotopic (exact) mass is 298 g/mol. The van der Waals surface area contributed by atoms with Crippen LogP contribution >= 0.6 is 6.70 Å². The number of hydrogen-bond acceptors (Lipinski definition) is 3. The number of benzene rings is 2. The Kier molecular flexibility index (Phi) is 3.97. The molecule has 0 aliphatic carbocycles. The van der Waals surface area contributed by atoms with Gasteiger partial charge in [0.05, 0.1) is 4.90 Å². The maximum absolute atomic E-state index is 10.9. The molecule has 2 aromatic rings. The fraction of sp³-hybridized carbons (Fsp3) is 0. The first-order valence-electron chi connectivity index (χ1n) is 5.16. The first-order valence-corrected chi connectivity index (χ1v) is 9.23. The Morgan fingerprint density at radius 1 is 0.889 bits per heavy atom. The van der Waals surface area contributed by atoms with E-state index in [1.807, 2.05) is 30.3 Å². The Morgan fingerprint density at radius 3 is 1.89 bits per heavy atom. The van der Waals surface area contributed by atoms with Gasteiger partial charge in [-0.1, -0.05) is 54.3 Å². The zero-order chi connectivity index (χ0) is 13.2. The predicted octanol–water partition coefficient (Wildman–Crippen LogP) is 1.56. The molecule has 0 heterocycles. The van der Waals surface area contributed by atoms with E-state index in [1.54, 1.807) is 12.1 Å². The second-order valence-electron chi connectivity index (χ2n) is 3.69. The standard InChI is InChI=1S/C12H11O3PS2/c13-18(14,15)12-8-6-11(7-9-12)16(17)10-4-2-1-3-5-10/h1-9,16H,(H,13,14,15). The van der Waals surface area contributed by atoms with Crippen molar-refractivity contribution in [2.45, 2.75) is 4.90 Å². The SMILES string of the molecule is O=S(=O)(O)c1ccc([PH](=S)c2ccccc2)cc1. The third-order valence-electron chi connectivity index (χ3n) is 2.45. The van der Waals surface area contributed by atoms with Crippen LogP contribution in [0.2, 0.25) is 0 Å². The van der Waals surface area contributed by atoms with Gasteiger partial charge in [-0.05, 0) is 29.4 Å². The van der Waals surface area contributed by atoms with Gasteiger partial charge in [0.2, 0.25) is 0 Å². The van der Waals surface area contributed by atoms with Gasteiger partial charge in [0.25, 0.3) is 10.1 Å². The highest BCUT2D eigenvalue weighted by Crippen LogP contribution is 2.20. The molecule has 94 valence electrons. The summed E-state index contributed by atoms with van der Waals surface area (Å²) in [4.78, 5) is -0.107. The maximum Gasteiger partial charge on any atom is 0.294 e. The minimum Gasteiger partial charge on any atom is -0.282 e. The molecule has 6 heteroatoms. The summed E-state index contributed by atoms with van der Waals surface area (Å²) in [6, 6.07) is 15.8. The van der Waals surface area contributed by atoms with Crippen molar-refractivity contribution < 1.29 is 13.0 Å². The van der Waals surface area contributed by atoms with Crippen LogP contribution < -0.4 is 10.6 Å². The van der Waals surface area contributed by atoms with Crippen molar-refractivity contribution in [3.63, 3.8) is 0 Å². The van der Waals surface area contributed by atoms with Crippen LogP contribution in [0.25, 0.3) is 0 Å². The Labute approximate surface area is 112 Å². The highest BCUT2D eigenvalue weighted by atomic mass is 32.4. The van der Waals surface area contributed by atoms with Crippen molar-refractivity contribution in [3.8, 4) is 0 Å². The smallest absolute Gasteiger partial charge is 0.282 e. The molecule has 0 spiro atoms. The Balaban J connectivity index is 2.34. The molecule has 0 radical (unpaired) electrons. The molecule has 0 aliphatic rings. The van der Waals surface area contributed by atoms with Crippen LogP contribution in [0.15, 0.2) is 59.5 Å². The van der Waals surface area contributed by atoms with E-state index in [0.717, 1.165) is 10.6 Å². The molecule has 2 rings (SSSR count). The summed E-state index contributed by atoms with van der Waals surface area (Å²) in [7, 11) is -4.13. The van der Waals surface area contributed by atoms with Gasteiger partial charge in [0, 0.05) is 0 Å². The molecule has 0 amide bonds. The fourth-order valence-electron chi connectivity index (χ4n) is 1.53. The van der Waals surface area contributed by atoms with E-state index in [4.69, 9.17) is 16.4 Å². The van der Waals surface area contributed by atoms with Crippen LogP contribution in [0, 0.1) is 0 Å². The molecular formula is C12H11O3PS2. The van der Waals surface area contributed by atoms with E-state index in [2.05, 4.69) is 0 Å². The van der Waals surface area contributed by atoms with Crippen LogP contribution in [-0.2, 0) is 21.9 Å². The third-order valence-corrected chi connectivity index (χ3v) is 6.45. The summed E-state index contributed by atoms with van der Waals surface area (Å²) in [6.07, 6.45) is 0. The largest absolute Gasteiger partial charge is 0.294 e. The molecule has 0 aliphatic heterocycles. The number of hydrogen-bond donors (Lipinski definition) is 1. The predicted molar refractivity (Wildman–Crippen MR) is 77.6 cm³/mol. The second-order valence-corrected chi connectivity index (χ2v) is 8.15.